The zero-order valence-corrected chi connectivity index (χ0v) is 8.08. The van der Waals surface area contributed by atoms with Crippen LogP contribution in [0, 0.1) is 17.8 Å². The van der Waals surface area contributed by atoms with E-state index in [1.165, 1.54) is 6.42 Å². The van der Waals surface area contributed by atoms with Crippen LogP contribution in [-0.4, -0.2) is 30.3 Å². The second-order valence-electron chi connectivity index (χ2n) is 4.60. The Hall–Kier alpha value is -0.370. The van der Waals surface area contributed by atoms with E-state index in [0.717, 1.165) is 12.5 Å². The van der Waals surface area contributed by atoms with Gasteiger partial charge in [0.05, 0.1) is 6.04 Å². The van der Waals surface area contributed by atoms with E-state index in [0.29, 0.717) is 11.7 Å². The molecule has 1 aliphatic carbocycles. The van der Waals surface area contributed by atoms with Crippen molar-refractivity contribution in [2.75, 3.05) is 13.6 Å². The van der Waals surface area contributed by atoms with Gasteiger partial charge in [-0.1, -0.05) is 13.8 Å². The quantitative estimate of drug-likeness (QED) is 0.615. The molecule has 0 bridgehead atoms. The van der Waals surface area contributed by atoms with E-state index in [1.54, 1.807) is 0 Å². The van der Waals surface area contributed by atoms with Crippen LogP contribution in [0.1, 0.15) is 20.3 Å². The number of likely N-dealkylation sites (N-methyl/N-ethyl adjacent to an activating group) is 1. The number of likely N-dealkylation sites (tertiary alicyclic amines) is 1. The van der Waals surface area contributed by atoms with Gasteiger partial charge in [0.1, 0.15) is 0 Å². The van der Waals surface area contributed by atoms with Crippen LogP contribution < -0.4 is 0 Å². The second-order valence-corrected chi connectivity index (χ2v) is 4.60. The Balaban J connectivity index is 2.07. The van der Waals surface area contributed by atoms with Crippen molar-refractivity contribution in [1.82, 2.24) is 4.90 Å². The summed E-state index contributed by atoms with van der Waals surface area (Å²) in [5.74, 6) is 2.21. The van der Waals surface area contributed by atoms with Gasteiger partial charge in [-0.15, -0.1) is 0 Å². The molecular formula is C10H17NO. The minimum Gasteiger partial charge on any atom is -0.298 e. The summed E-state index contributed by atoms with van der Waals surface area (Å²) in [7, 11) is 2.08. The standard InChI is InChI=1S/C10H17NO/c1-6(2)10(12)9-8-4-7(8)5-11(9)3/h6-9H,4-5H2,1-3H3. The first kappa shape index (κ1) is 8.24. The van der Waals surface area contributed by atoms with Gasteiger partial charge in [0.15, 0.2) is 5.78 Å². The van der Waals surface area contributed by atoms with Crippen LogP contribution in [0.4, 0.5) is 0 Å². The zero-order chi connectivity index (χ0) is 8.88. The molecule has 0 radical (unpaired) electrons. The molecule has 1 heterocycles. The fourth-order valence-corrected chi connectivity index (χ4v) is 2.45. The highest BCUT2D eigenvalue weighted by Gasteiger charge is 2.53. The number of fused-ring (bicyclic) bond motifs is 1. The van der Waals surface area contributed by atoms with E-state index >= 15 is 0 Å². The molecule has 0 aromatic rings. The number of hydrogen-bond acceptors (Lipinski definition) is 2. The highest BCUT2D eigenvalue weighted by atomic mass is 16.1. The van der Waals surface area contributed by atoms with E-state index in [4.69, 9.17) is 0 Å². The van der Waals surface area contributed by atoms with Crippen molar-refractivity contribution in [1.29, 1.82) is 0 Å². The molecule has 0 spiro atoms. The topological polar surface area (TPSA) is 20.3 Å². The first-order chi connectivity index (χ1) is 5.61. The molecule has 68 valence electrons. The molecule has 2 rings (SSSR count). The number of rotatable bonds is 2. The molecule has 3 unspecified atom stereocenters. The Bertz CT molecular complexity index is 210. The number of ketones is 1. The van der Waals surface area contributed by atoms with Gasteiger partial charge in [0.2, 0.25) is 0 Å². The monoisotopic (exact) mass is 167 g/mol. The Morgan fingerprint density at radius 2 is 2.17 bits per heavy atom. The van der Waals surface area contributed by atoms with Gasteiger partial charge in [-0.3, -0.25) is 9.69 Å². The van der Waals surface area contributed by atoms with Gasteiger partial charge in [-0.2, -0.15) is 0 Å². The van der Waals surface area contributed by atoms with Crippen molar-refractivity contribution >= 4 is 5.78 Å². The number of carbonyl (C=O) groups is 1. The first-order valence-electron chi connectivity index (χ1n) is 4.85. The molecule has 0 N–H and O–H groups in total. The third-order valence-electron chi connectivity index (χ3n) is 3.24. The maximum Gasteiger partial charge on any atom is 0.152 e. The van der Waals surface area contributed by atoms with Gasteiger partial charge >= 0.3 is 0 Å². The molecule has 1 saturated heterocycles. The van der Waals surface area contributed by atoms with Crippen LogP contribution in [0.3, 0.4) is 0 Å². The van der Waals surface area contributed by atoms with E-state index in [-0.39, 0.29) is 12.0 Å². The smallest absolute Gasteiger partial charge is 0.152 e. The molecule has 2 nitrogen and oxygen atoms in total. The lowest BCUT2D eigenvalue weighted by atomic mass is 9.98. The van der Waals surface area contributed by atoms with Crippen LogP contribution >= 0.6 is 0 Å². The van der Waals surface area contributed by atoms with E-state index < -0.39 is 0 Å². The van der Waals surface area contributed by atoms with Gasteiger partial charge in [0.25, 0.3) is 0 Å². The van der Waals surface area contributed by atoms with Gasteiger partial charge in [0, 0.05) is 12.5 Å². The van der Waals surface area contributed by atoms with Crippen LogP contribution in [0.2, 0.25) is 0 Å². The minimum absolute atomic E-state index is 0.205. The van der Waals surface area contributed by atoms with Crippen LogP contribution in [-0.2, 0) is 4.79 Å². The summed E-state index contributed by atoms with van der Waals surface area (Å²) >= 11 is 0. The normalized spacial score (nSPS) is 40.2. The lowest BCUT2D eigenvalue weighted by molar-refractivity contribution is -0.126. The number of Topliss-reactive ketones (excluding diaryl/α,β-unsaturated/α-hetero) is 1. The zero-order valence-electron chi connectivity index (χ0n) is 8.08. The molecule has 0 aromatic carbocycles. The predicted molar refractivity (Wildman–Crippen MR) is 47.9 cm³/mol. The average Bonchev–Trinajstić information content (AvgIpc) is 2.62. The molecule has 2 aliphatic rings. The fourth-order valence-electron chi connectivity index (χ4n) is 2.45. The van der Waals surface area contributed by atoms with Crippen LogP contribution in [0.5, 0.6) is 0 Å². The van der Waals surface area contributed by atoms with Crippen molar-refractivity contribution in [2.45, 2.75) is 26.3 Å². The Morgan fingerprint density at radius 3 is 2.58 bits per heavy atom. The summed E-state index contributed by atoms with van der Waals surface area (Å²) < 4.78 is 0. The molecule has 2 fully saturated rings. The highest BCUT2D eigenvalue weighted by Crippen LogP contribution is 2.49. The summed E-state index contributed by atoms with van der Waals surface area (Å²) in [5.41, 5.74) is 0. The number of hydrogen-bond donors (Lipinski definition) is 0. The molecule has 0 amide bonds. The van der Waals surface area contributed by atoms with E-state index in [2.05, 4.69) is 11.9 Å². The van der Waals surface area contributed by atoms with Gasteiger partial charge in [-0.05, 0) is 25.3 Å². The second kappa shape index (κ2) is 2.56. The largest absolute Gasteiger partial charge is 0.298 e. The minimum atomic E-state index is 0.205. The molecule has 0 aromatic heterocycles. The van der Waals surface area contributed by atoms with Gasteiger partial charge < -0.3 is 0 Å². The van der Waals surface area contributed by atoms with Crippen molar-refractivity contribution in [2.24, 2.45) is 17.8 Å². The number of piperidine rings is 1. The van der Waals surface area contributed by atoms with Crippen LogP contribution in [0.25, 0.3) is 0 Å². The lowest BCUT2D eigenvalue weighted by Crippen LogP contribution is -2.38. The average molecular weight is 167 g/mol. The van der Waals surface area contributed by atoms with Crippen molar-refractivity contribution in [3.05, 3.63) is 0 Å². The highest BCUT2D eigenvalue weighted by molar-refractivity contribution is 5.86. The molecule has 1 aliphatic heterocycles. The summed E-state index contributed by atoms with van der Waals surface area (Å²) in [4.78, 5) is 14.0. The maximum atomic E-state index is 11.8. The van der Waals surface area contributed by atoms with Gasteiger partial charge in [-0.25, -0.2) is 0 Å². The van der Waals surface area contributed by atoms with E-state index in [9.17, 15) is 4.79 Å². The SMILES string of the molecule is CC(C)C(=O)C1C2CC2CN1C. The summed E-state index contributed by atoms with van der Waals surface area (Å²) in [5, 5.41) is 0. The Labute approximate surface area is 73.9 Å². The predicted octanol–water partition coefficient (Wildman–Crippen LogP) is 1.16. The Morgan fingerprint density at radius 1 is 1.50 bits per heavy atom. The molecule has 1 saturated carbocycles. The Kier molecular flexibility index (Phi) is 1.76. The molecular weight excluding hydrogens is 150 g/mol. The van der Waals surface area contributed by atoms with Crippen molar-refractivity contribution in [3.63, 3.8) is 0 Å². The van der Waals surface area contributed by atoms with E-state index in [1.807, 2.05) is 13.8 Å². The summed E-state index contributed by atoms with van der Waals surface area (Å²) in [6.45, 7) is 5.16. The fraction of sp³-hybridized carbons (Fsp3) is 0.900. The summed E-state index contributed by atoms with van der Waals surface area (Å²) in [6, 6.07) is 0.259. The van der Waals surface area contributed by atoms with Crippen molar-refractivity contribution in [3.8, 4) is 0 Å². The third kappa shape index (κ3) is 1.09. The van der Waals surface area contributed by atoms with Crippen molar-refractivity contribution < 1.29 is 4.79 Å². The molecule has 3 atom stereocenters. The lowest BCUT2D eigenvalue weighted by Gasteiger charge is -2.22. The first-order valence-corrected chi connectivity index (χ1v) is 4.85. The summed E-state index contributed by atoms with van der Waals surface area (Å²) in [6.07, 6.45) is 1.30. The maximum absolute atomic E-state index is 11.8. The number of nitrogens with zero attached hydrogens (tertiary/aromatic N) is 1. The van der Waals surface area contributed by atoms with Crippen LogP contribution in [0.15, 0.2) is 0 Å². The number of carbonyl (C=O) groups excluding carboxylic acids is 1. The molecule has 2 heteroatoms. The third-order valence-corrected chi connectivity index (χ3v) is 3.24. The molecule has 12 heavy (non-hydrogen) atoms.